The molecule has 0 saturated heterocycles. The molecule has 6 rings (SSSR count). The monoisotopic (exact) mass is 605 g/mol. The third-order valence-corrected chi connectivity index (χ3v) is 9.60. The molecule has 6 atom stereocenters. The Bertz CT molecular complexity index is 649. The summed E-state index contributed by atoms with van der Waals surface area (Å²) in [6.45, 7) is 1.05. The number of hydrogen-bond donors (Lipinski definition) is 0. The van der Waals surface area contributed by atoms with E-state index in [1.54, 1.807) is 51.4 Å². The molecule has 0 aromatic heterocycles. The summed E-state index contributed by atoms with van der Waals surface area (Å²) in [6.07, 6.45) is 12.8. The van der Waals surface area contributed by atoms with E-state index in [9.17, 15) is 0 Å². The Morgan fingerprint density at radius 3 is 1.72 bits per heavy atom. The summed E-state index contributed by atoms with van der Waals surface area (Å²) in [5, 5.41) is 0. The van der Waals surface area contributed by atoms with Gasteiger partial charge in [-0.2, -0.15) is 47.2 Å². The fourth-order valence-electron chi connectivity index (χ4n) is 6.24. The van der Waals surface area contributed by atoms with Crippen LogP contribution >= 0.6 is 8.58 Å². The normalized spacial score (nSPS) is 31.2. The summed E-state index contributed by atoms with van der Waals surface area (Å²) < 4.78 is 0. The fourth-order valence-corrected chi connectivity index (χ4v) is 8.60. The van der Waals surface area contributed by atoms with E-state index in [2.05, 4.69) is 43.3 Å². The standard InChI is InChI=1S/C14H22P.C8H12N.C5H5.ClH.Fe.Pd/c1-3-11-5-9(1)7-13(11)15-14-8-10-2-4-12(14)6-10;1-9(2)7-8-5-3-4-6-8;1-2-4-5-3-1;;;/h9-14H,1-8H2;3-6H,7H2,1-2H3;1-5H;1H;;/q3*-1;;2*+2/p-1/t9-,10?,11+,12?,13-,14-;;;;;/m1...../s1. The van der Waals surface area contributed by atoms with Gasteiger partial charge in [0.2, 0.25) is 0 Å². The SMILES string of the molecule is C1CC2CC1C[C@H]2[P-][C@@H]1C[C@@H]2CC[C@H]1C2.CN(C)Cc1ccc[cH-]1.[Cl-].[Fe+2].[Pd+2].c1cc[cH-]c1. The summed E-state index contributed by atoms with van der Waals surface area (Å²) in [6, 6.07) is 18.4. The number of rotatable bonds is 4. The molecule has 4 fully saturated rings. The van der Waals surface area contributed by atoms with Gasteiger partial charge in [-0.05, 0) is 45.3 Å². The van der Waals surface area contributed by atoms with E-state index < -0.39 is 0 Å². The van der Waals surface area contributed by atoms with Gasteiger partial charge >= 0.3 is 37.5 Å². The number of nitrogens with zero attached hydrogens (tertiary/aromatic N) is 1. The molecule has 0 heterocycles. The fraction of sp³-hybridized carbons (Fsp3) is 0.630. The summed E-state index contributed by atoms with van der Waals surface area (Å²) in [5.41, 5.74) is 3.68. The van der Waals surface area contributed by atoms with Gasteiger partial charge in [-0.15, -0.1) is 0 Å². The molecule has 4 bridgehead atoms. The second-order valence-corrected chi connectivity index (χ2v) is 11.8. The van der Waals surface area contributed by atoms with Gasteiger partial charge in [0, 0.05) is 0 Å². The first kappa shape index (κ1) is 30.6. The minimum atomic E-state index is 0. The second kappa shape index (κ2) is 15.5. The Labute approximate surface area is 229 Å². The van der Waals surface area contributed by atoms with Crippen molar-refractivity contribution in [3.05, 3.63) is 60.2 Å². The van der Waals surface area contributed by atoms with Crippen LogP contribution in [0.25, 0.3) is 0 Å². The number of halogens is 1. The summed E-state index contributed by atoms with van der Waals surface area (Å²) in [4.78, 5) is 2.16. The van der Waals surface area contributed by atoms with E-state index in [1.165, 1.54) is 5.56 Å². The van der Waals surface area contributed by atoms with Gasteiger partial charge in [-0.25, -0.2) is 24.3 Å². The predicted molar refractivity (Wildman–Crippen MR) is 127 cm³/mol. The third-order valence-electron chi connectivity index (χ3n) is 7.57. The molecule has 0 spiro atoms. The molecule has 0 aliphatic heterocycles. The molecule has 4 aliphatic carbocycles. The van der Waals surface area contributed by atoms with Gasteiger partial charge < -0.3 is 25.9 Å². The van der Waals surface area contributed by atoms with Gasteiger partial charge in [0.25, 0.3) is 0 Å². The average Bonchev–Trinajstić information content (AvgIpc) is 3.54. The van der Waals surface area contributed by atoms with Crippen LogP contribution < -0.4 is 12.4 Å². The molecular weight excluding hydrogens is 567 g/mol. The second-order valence-electron chi connectivity index (χ2n) is 10.1. The van der Waals surface area contributed by atoms with Crippen molar-refractivity contribution in [2.45, 2.75) is 69.2 Å². The van der Waals surface area contributed by atoms with Crippen LogP contribution in [0.2, 0.25) is 0 Å². The van der Waals surface area contributed by atoms with Crippen molar-refractivity contribution in [2.24, 2.45) is 23.7 Å². The predicted octanol–water partition coefficient (Wildman–Crippen LogP) is 4.18. The Morgan fingerprint density at radius 1 is 0.844 bits per heavy atom. The van der Waals surface area contributed by atoms with Crippen molar-refractivity contribution in [3.8, 4) is 0 Å². The molecular formula is C27H39ClFeNPPd. The largest absolute Gasteiger partial charge is 2.00 e. The maximum atomic E-state index is 2.16. The molecule has 5 heteroatoms. The first-order valence-corrected chi connectivity index (χ1v) is 12.9. The zero-order valence-corrected chi connectivity index (χ0v) is 23.8. The van der Waals surface area contributed by atoms with E-state index >= 15 is 0 Å². The Hall–Kier alpha value is 0.562. The minimum absolute atomic E-state index is 0. The van der Waals surface area contributed by atoms with Gasteiger partial charge in [0.15, 0.2) is 0 Å². The average molecular weight is 606 g/mol. The number of hydrogen-bond acceptors (Lipinski definition) is 1. The smallest absolute Gasteiger partial charge is 1.00 e. The Morgan fingerprint density at radius 2 is 1.41 bits per heavy atom. The van der Waals surface area contributed by atoms with Crippen molar-refractivity contribution in [1.82, 2.24) is 4.90 Å². The van der Waals surface area contributed by atoms with Crippen molar-refractivity contribution in [1.29, 1.82) is 0 Å². The zero-order chi connectivity index (χ0) is 20.1. The molecule has 0 amide bonds. The quantitative estimate of drug-likeness (QED) is 0.287. The third kappa shape index (κ3) is 8.97. The molecule has 2 aromatic carbocycles. The molecule has 2 aromatic rings. The van der Waals surface area contributed by atoms with E-state index in [1.807, 2.05) is 38.9 Å². The van der Waals surface area contributed by atoms with Gasteiger partial charge in [-0.1, -0.05) is 50.4 Å². The molecule has 2 unspecified atom stereocenters. The minimum Gasteiger partial charge on any atom is -1.00 e. The van der Waals surface area contributed by atoms with Crippen molar-refractivity contribution >= 4 is 8.58 Å². The summed E-state index contributed by atoms with van der Waals surface area (Å²) >= 11 is 0. The van der Waals surface area contributed by atoms with E-state index in [-0.39, 0.29) is 49.9 Å². The van der Waals surface area contributed by atoms with Crippen LogP contribution in [-0.4, -0.2) is 30.3 Å². The van der Waals surface area contributed by atoms with Crippen molar-refractivity contribution in [2.75, 3.05) is 14.1 Å². The van der Waals surface area contributed by atoms with Crippen molar-refractivity contribution in [3.63, 3.8) is 0 Å². The zero-order valence-electron chi connectivity index (χ0n) is 19.5. The molecule has 32 heavy (non-hydrogen) atoms. The molecule has 4 saturated carbocycles. The van der Waals surface area contributed by atoms with Crippen LogP contribution in [0.1, 0.15) is 56.9 Å². The topological polar surface area (TPSA) is 3.24 Å². The van der Waals surface area contributed by atoms with Gasteiger partial charge in [0.1, 0.15) is 0 Å². The Balaban J connectivity index is 0.000000262. The van der Waals surface area contributed by atoms with E-state index in [0.29, 0.717) is 0 Å². The first-order valence-electron chi connectivity index (χ1n) is 11.9. The summed E-state index contributed by atoms with van der Waals surface area (Å²) in [5.74, 6) is 4.64. The molecule has 0 N–H and O–H groups in total. The van der Waals surface area contributed by atoms with Crippen LogP contribution in [0.4, 0.5) is 0 Å². The molecule has 182 valence electrons. The van der Waals surface area contributed by atoms with Crippen LogP contribution in [0, 0.1) is 23.7 Å². The summed E-state index contributed by atoms with van der Waals surface area (Å²) in [7, 11) is 6.06. The Kier molecular flexibility index (Phi) is 14.9. The molecule has 4 aliphatic rings. The van der Waals surface area contributed by atoms with Crippen LogP contribution in [0.15, 0.2) is 54.6 Å². The van der Waals surface area contributed by atoms with E-state index in [4.69, 9.17) is 0 Å². The number of fused-ring (bicyclic) bond motifs is 4. The van der Waals surface area contributed by atoms with Crippen LogP contribution in [0.3, 0.4) is 0 Å². The van der Waals surface area contributed by atoms with Gasteiger partial charge in [0.05, 0.1) is 0 Å². The maximum Gasteiger partial charge on any atom is 2.00 e. The molecule has 1 nitrogen and oxygen atoms in total. The first-order chi connectivity index (χ1) is 14.2. The van der Waals surface area contributed by atoms with E-state index in [0.717, 1.165) is 41.5 Å². The van der Waals surface area contributed by atoms with Gasteiger partial charge in [-0.3, -0.25) is 0 Å². The van der Waals surface area contributed by atoms with Crippen LogP contribution in [-0.2, 0) is 44.0 Å². The maximum absolute atomic E-state index is 2.16. The van der Waals surface area contributed by atoms with Crippen LogP contribution in [0.5, 0.6) is 0 Å². The molecule has 0 radical (unpaired) electrons. The van der Waals surface area contributed by atoms with Crippen molar-refractivity contribution < 1.29 is 49.9 Å².